The van der Waals surface area contributed by atoms with Gasteiger partial charge in [-0.25, -0.2) is 0 Å². The predicted molar refractivity (Wildman–Crippen MR) is 118 cm³/mol. The van der Waals surface area contributed by atoms with E-state index < -0.39 is 6.04 Å². The number of benzene rings is 2. The molecule has 2 aromatic heterocycles. The van der Waals surface area contributed by atoms with Crippen LogP contribution >= 0.6 is 0 Å². The number of piperazine rings is 1. The van der Waals surface area contributed by atoms with E-state index in [0.29, 0.717) is 6.42 Å². The highest BCUT2D eigenvalue weighted by atomic mass is 16.3. The zero-order chi connectivity index (χ0) is 21.3. The van der Waals surface area contributed by atoms with Crippen LogP contribution < -0.4 is 0 Å². The van der Waals surface area contributed by atoms with Crippen LogP contribution in [-0.2, 0) is 16.0 Å². The number of nitrogens with zero attached hydrogens (tertiary/aromatic N) is 2. The largest absolute Gasteiger partial charge is 0.464 e. The number of carbonyl (C=O) groups is 2. The summed E-state index contributed by atoms with van der Waals surface area (Å²) in [4.78, 5) is 34.0. The van der Waals surface area contributed by atoms with Gasteiger partial charge in [-0.15, -0.1) is 0 Å². The summed E-state index contributed by atoms with van der Waals surface area (Å²) in [5.74, 6) is 0.0137. The van der Waals surface area contributed by atoms with Crippen molar-refractivity contribution in [3.05, 3.63) is 71.6 Å². The van der Waals surface area contributed by atoms with Crippen molar-refractivity contribution in [1.82, 2.24) is 14.8 Å². The molecular weight excluding hydrogens is 390 g/mol. The van der Waals surface area contributed by atoms with E-state index in [1.807, 2.05) is 50.2 Å². The molecule has 0 aliphatic carbocycles. The maximum absolute atomic E-state index is 13.5. The highest BCUT2D eigenvalue weighted by Crippen LogP contribution is 2.43. The number of fused-ring (bicyclic) bond motifs is 5. The molecule has 0 radical (unpaired) electrons. The second-order valence-corrected chi connectivity index (χ2v) is 8.76. The molecule has 2 unspecified atom stereocenters. The SMILES string of the molecule is CC(C)N1CC(=O)N2C(Cc3c([nH]c4ccccc34)C2c2ccc3occc3c2)C1=O. The van der Waals surface area contributed by atoms with Gasteiger partial charge < -0.3 is 19.2 Å². The minimum atomic E-state index is -0.500. The molecule has 1 saturated heterocycles. The van der Waals surface area contributed by atoms with Crippen molar-refractivity contribution in [1.29, 1.82) is 0 Å². The molecule has 2 aliphatic rings. The summed E-state index contributed by atoms with van der Waals surface area (Å²) in [7, 11) is 0. The average Bonchev–Trinajstić information content (AvgIpc) is 3.38. The van der Waals surface area contributed by atoms with E-state index in [4.69, 9.17) is 4.42 Å². The molecular formula is C25H23N3O3. The summed E-state index contributed by atoms with van der Waals surface area (Å²) in [5.41, 5.74) is 4.94. The first-order valence-electron chi connectivity index (χ1n) is 10.7. The normalized spacial score (nSPS) is 21.3. The van der Waals surface area contributed by atoms with Crippen molar-refractivity contribution in [2.75, 3.05) is 6.54 Å². The Hall–Kier alpha value is -3.54. The van der Waals surface area contributed by atoms with Crippen LogP contribution in [0.1, 0.15) is 36.7 Å². The number of carbonyl (C=O) groups excluding carboxylic acids is 2. The Balaban J connectivity index is 1.59. The van der Waals surface area contributed by atoms with Crippen molar-refractivity contribution in [2.24, 2.45) is 0 Å². The highest BCUT2D eigenvalue weighted by Gasteiger charge is 2.48. The summed E-state index contributed by atoms with van der Waals surface area (Å²) in [6.07, 6.45) is 2.19. The molecule has 6 rings (SSSR count). The lowest BCUT2D eigenvalue weighted by molar-refractivity contribution is -0.160. The van der Waals surface area contributed by atoms with Crippen LogP contribution in [0.15, 0.2) is 59.2 Å². The molecule has 6 nitrogen and oxygen atoms in total. The van der Waals surface area contributed by atoms with Gasteiger partial charge in [0.2, 0.25) is 11.8 Å². The van der Waals surface area contributed by atoms with E-state index in [9.17, 15) is 9.59 Å². The van der Waals surface area contributed by atoms with E-state index in [2.05, 4.69) is 17.1 Å². The maximum Gasteiger partial charge on any atom is 0.246 e. The molecule has 0 saturated carbocycles. The Bertz CT molecular complexity index is 1350. The third kappa shape index (κ3) is 2.57. The summed E-state index contributed by atoms with van der Waals surface area (Å²) < 4.78 is 5.51. The summed E-state index contributed by atoms with van der Waals surface area (Å²) in [6, 6.07) is 15.2. The number of rotatable bonds is 2. The second-order valence-electron chi connectivity index (χ2n) is 8.76. The Labute approximate surface area is 179 Å². The van der Waals surface area contributed by atoms with Gasteiger partial charge in [0.15, 0.2) is 0 Å². The first kappa shape index (κ1) is 18.2. The molecule has 2 amide bonds. The molecule has 31 heavy (non-hydrogen) atoms. The number of amides is 2. The average molecular weight is 413 g/mol. The fraction of sp³-hybridized carbons (Fsp3) is 0.280. The molecule has 2 aromatic carbocycles. The Kier molecular flexibility index (Phi) is 3.81. The monoisotopic (exact) mass is 413 g/mol. The van der Waals surface area contributed by atoms with Crippen molar-refractivity contribution in [3.63, 3.8) is 0 Å². The molecule has 156 valence electrons. The van der Waals surface area contributed by atoms with Crippen LogP contribution in [0, 0.1) is 0 Å². The van der Waals surface area contributed by atoms with E-state index in [1.165, 1.54) is 0 Å². The third-order valence-corrected chi connectivity index (χ3v) is 6.71. The molecule has 4 aromatic rings. The molecule has 0 spiro atoms. The van der Waals surface area contributed by atoms with Crippen LogP contribution in [0.3, 0.4) is 0 Å². The van der Waals surface area contributed by atoms with Gasteiger partial charge in [0, 0.05) is 34.4 Å². The number of aromatic nitrogens is 1. The van der Waals surface area contributed by atoms with Crippen molar-refractivity contribution in [2.45, 2.75) is 38.4 Å². The fourth-order valence-corrected chi connectivity index (χ4v) is 5.23. The minimum Gasteiger partial charge on any atom is -0.464 e. The number of nitrogens with one attached hydrogen (secondary N) is 1. The smallest absolute Gasteiger partial charge is 0.246 e. The maximum atomic E-state index is 13.5. The lowest BCUT2D eigenvalue weighted by Crippen LogP contribution is -2.64. The topological polar surface area (TPSA) is 69.6 Å². The van der Waals surface area contributed by atoms with E-state index in [1.54, 1.807) is 16.1 Å². The standard InChI is InChI=1S/C25H23N3O3/c1-14(2)27-13-22(29)28-20(25(27)30)12-18-17-5-3-4-6-19(17)26-23(18)24(28)16-7-8-21-15(11-16)9-10-31-21/h3-11,14,20,24,26H,12-13H2,1-2H3. The van der Waals surface area contributed by atoms with Crippen LogP contribution in [0.25, 0.3) is 21.9 Å². The molecule has 0 bridgehead atoms. The van der Waals surface area contributed by atoms with E-state index in [-0.39, 0.29) is 30.4 Å². The second kappa shape index (κ2) is 6.48. The van der Waals surface area contributed by atoms with Crippen molar-refractivity contribution < 1.29 is 14.0 Å². The first-order valence-corrected chi connectivity index (χ1v) is 10.7. The Morgan fingerprint density at radius 1 is 1.10 bits per heavy atom. The molecule has 1 fully saturated rings. The number of hydrogen-bond donors (Lipinski definition) is 1. The van der Waals surface area contributed by atoms with E-state index >= 15 is 0 Å². The van der Waals surface area contributed by atoms with Gasteiger partial charge in [-0.2, -0.15) is 0 Å². The zero-order valence-electron chi connectivity index (χ0n) is 17.5. The fourth-order valence-electron chi connectivity index (χ4n) is 5.23. The zero-order valence-corrected chi connectivity index (χ0v) is 17.5. The molecule has 1 N–H and O–H groups in total. The minimum absolute atomic E-state index is 0.0105. The number of furan rings is 1. The van der Waals surface area contributed by atoms with Crippen LogP contribution in [-0.4, -0.2) is 45.2 Å². The molecule has 2 aliphatic heterocycles. The Morgan fingerprint density at radius 2 is 1.94 bits per heavy atom. The number of aromatic amines is 1. The highest BCUT2D eigenvalue weighted by molar-refractivity contribution is 5.98. The van der Waals surface area contributed by atoms with Crippen LogP contribution in [0.5, 0.6) is 0 Å². The summed E-state index contributed by atoms with van der Waals surface area (Å²) >= 11 is 0. The van der Waals surface area contributed by atoms with Gasteiger partial charge in [-0.3, -0.25) is 9.59 Å². The van der Waals surface area contributed by atoms with Crippen molar-refractivity contribution >= 4 is 33.7 Å². The lowest BCUT2D eigenvalue weighted by Gasteiger charge is -2.48. The lowest BCUT2D eigenvalue weighted by atomic mass is 9.85. The van der Waals surface area contributed by atoms with Crippen molar-refractivity contribution in [3.8, 4) is 0 Å². The van der Waals surface area contributed by atoms with Gasteiger partial charge in [-0.05, 0) is 49.2 Å². The summed E-state index contributed by atoms with van der Waals surface area (Å²) in [6.45, 7) is 4.04. The molecule has 2 atom stereocenters. The molecule has 4 heterocycles. The van der Waals surface area contributed by atoms with Gasteiger partial charge in [0.1, 0.15) is 18.2 Å². The van der Waals surface area contributed by atoms with Crippen LogP contribution in [0.4, 0.5) is 0 Å². The van der Waals surface area contributed by atoms with Gasteiger partial charge in [0.05, 0.1) is 12.3 Å². The third-order valence-electron chi connectivity index (χ3n) is 6.71. The van der Waals surface area contributed by atoms with Gasteiger partial charge >= 0.3 is 0 Å². The number of para-hydroxylation sites is 1. The summed E-state index contributed by atoms with van der Waals surface area (Å²) in [5, 5.41) is 2.10. The number of hydrogen-bond acceptors (Lipinski definition) is 3. The first-order chi connectivity index (χ1) is 15.0. The Morgan fingerprint density at radius 3 is 2.77 bits per heavy atom. The molecule has 6 heteroatoms. The quantitative estimate of drug-likeness (QED) is 0.540. The van der Waals surface area contributed by atoms with E-state index in [0.717, 1.165) is 38.7 Å². The van der Waals surface area contributed by atoms with Gasteiger partial charge in [-0.1, -0.05) is 24.3 Å². The number of H-pyrrole nitrogens is 1. The predicted octanol–water partition coefficient (Wildman–Crippen LogP) is 4.01. The van der Waals surface area contributed by atoms with Gasteiger partial charge in [0.25, 0.3) is 0 Å². The van der Waals surface area contributed by atoms with Crippen LogP contribution in [0.2, 0.25) is 0 Å².